The van der Waals surface area contributed by atoms with Gasteiger partial charge >= 0.3 is 0 Å². The molecule has 0 bridgehead atoms. The number of halogens is 2. The van der Waals surface area contributed by atoms with Gasteiger partial charge in [-0.15, -0.1) is 0 Å². The minimum Gasteiger partial charge on any atom is -0.390 e. The fourth-order valence-corrected chi connectivity index (χ4v) is 4.00. The summed E-state index contributed by atoms with van der Waals surface area (Å²) in [4.78, 5) is -0.0558. The summed E-state index contributed by atoms with van der Waals surface area (Å²) in [5.41, 5.74) is -0.838. The summed E-state index contributed by atoms with van der Waals surface area (Å²) in [6.07, 6.45) is 1.53. The van der Waals surface area contributed by atoms with Crippen molar-refractivity contribution in [1.82, 2.24) is 4.31 Å². The van der Waals surface area contributed by atoms with E-state index < -0.39 is 21.4 Å². The van der Waals surface area contributed by atoms with Crippen molar-refractivity contribution in [3.8, 4) is 0 Å². The lowest BCUT2D eigenvalue weighted by Gasteiger charge is -2.22. The Labute approximate surface area is 126 Å². The largest absolute Gasteiger partial charge is 0.390 e. The second-order valence-corrected chi connectivity index (χ2v) is 8.12. The number of hydrogen-bond donors (Lipinski definition) is 1. The topological polar surface area (TPSA) is 57.6 Å². The Hall–Kier alpha value is -0.500. The number of nitrogens with zero attached hydrogens (tertiary/aromatic N) is 1. The molecule has 1 aliphatic rings. The van der Waals surface area contributed by atoms with Crippen LogP contribution in [0, 0.1) is 5.82 Å². The monoisotopic (exact) mass is 365 g/mol. The van der Waals surface area contributed by atoms with Crippen LogP contribution in [0.4, 0.5) is 4.39 Å². The minimum atomic E-state index is -3.71. The van der Waals surface area contributed by atoms with Crippen LogP contribution in [0.1, 0.15) is 26.2 Å². The van der Waals surface area contributed by atoms with Crippen LogP contribution in [0.15, 0.2) is 27.6 Å². The molecule has 0 spiro atoms. The van der Waals surface area contributed by atoms with Crippen molar-refractivity contribution >= 4 is 26.0 Å². The molecule has 1 aliphatic heterocycles. The van der Waals surface area contributed by atoms with Gasteiger partial charge in [-0.05, 0) is 60.3 Å². The SMILES string of the molecule is CC1(O)CCCN(S(=O)(=O)c2ccc(Br)c(F)c2)CC1. The molecule has 1 N–H and O–H groups in total. The first-order chi connectivity index (χ1) is 9.22. The highest BCUT2D eigenvalue weighted by atomic mass is 79.9. The first-order valence-corrected chi connectivity index (χ1v) is 8.63. The van der Waals surface area contributed by atoms with Crippen LogP contribution in [0.2, 0.25) is 0 Å². The van der Waals surface area contributed by atoms with Crippen molar-refractivity contribution in [2.45, 2.75) is 36.7 Å². The van der Waals surface area contributed by atoms with Crippen LogP contribution in [-0.4, -0.2) is 36.5 Å². The maximum atomic E-state index is 13.5. The van der Waals surface area contributed by atoms with Gasteiger partial charge < -0.3 is 5.11 Å². The van der Waals surface area contributed by atoms with E-state index in [1.807, 2.05) is 0 Å². The van der Waals surface area contributed by atoms with Gasteiger partial charge in [0.1, 0.15) is 5.82 Å². The summed E-state index contributed by atoms with van der Waals surface area (Å²) in [5, 5.41) is 10.0. The lowest BCUT2D eigenvalue weighted by molar-refractivity contribution is 0.0465. The first-order valence-electron chi connectivity index (χ1n) is 6.40. The van der Waals surface area contributed by atoms with Gasteiger partial charge in [0.25, 0.3) is 0 Å². The summed E-state index contributed by atoms with van der Waals surface area (Å²) in [6, 6.07) is 3.78. The molecule has 1 fully saturated rings. The zero-order valence-electron chi connectivity index (χ0n) is 11.1. The molecule has 0 aliphatic carbocycles. The number of sulfonamides is 1. The molecule has 0 saturated carbocycles. The lowest BCUT2D eigenvalue weighted by Crippen LogP contribution is -2.33. The predicted molar refractivity (Wildman–Crippen MR) is 77.3 cm³/mol. The molecule has 0 amide bonds. The van der Waals surface area contributed by atoms with Crippen LogP contribution in [0.25, 0.3) is 0 Å². The van der Waals surface area contributed by atoms with Crippen molar-refractivity contribution in [2.24, 2.45) is 0 Å². The summed E-state index contributed by atoms with van der Waals surface area (Å²) >= 11 is 3.00. The van der Waals surface area contributed by atoms with E-state index in [9.17, 15) is 17.9 Å². The number of hydrogen-bond acceptors (Lipinski definition) is 3. The van der Waals surface area contributed by atoms with E-state index in [0.29, 0.717) is 25.8 Å². The molecule has 0 radical (unpaired) electrons. The van der Waals surface area contributed by atoms with Crippen LogP contribution < -0.4 is 0 Å². The van der Waals surface area contributed by atoms with E-state index in [1.165, 1.54) is 16.4 Å². The number of benzene rings is 1. The van der Waals surface area contributed by atoms with Gasteiger partial charge in [0.2, 0.25) is 10.0 Å². The van der Waals surface area contributed by atoms with Gasteiger partial charge in [0, 0.05) is 13.1 Å². The standard InChI is InChI=1S/C13H17BrFNO3S/c1-13(17)5-2-7-16(8-6-13)20(18,19)10-3-4-11(14)12(15)9-10/h3-4,9,17H,2,5-8H2,1H3. The highest BCUT2D eigenvalue weighted by Gasteiger charge is 2.31. The Balaban J connectivity index is 2.28. The Kier molecular flexibility index (Phi) is 4.53. The first kappa shape index (κ1) is 15.9. The van der Waals surface area contributed by atoms with Gasteiger partial charge in [0.05, 0.1) is 15.0 Å². The highest BCUT2D eigenvalue weighted by Crippen LogP contribution is 2.27. The Bertz CT molecular complexity index is 604. The highest BCUT2D eigenvalue weighted by molar-refractivity contribution is 9.10. The molecule has 112 valence electrons. The van der Waals surface area contributed by atoms with Crippen LogP contribution in [0.3, 0.4) is 0 Å². The minimum absolute atomic E-state index is 0.0558. The molecule has 7 heteroatoms. The van der Waals surface area contributed by atoms with Gasteiger partial charge in [-0.25, -0.2) is 12.8 Å². The molecule has 1 unspecified atom stereocenters. The van der Waals surface area contributed by atoms with Gasteiger partial charge in [0.15, 0.2) is 0 Å². The molecule has 4 nitrogen and oxygen atoms in total. The van der Waals surface area contributed by atoms with Crippen molar-refractivity contribution in [1.29, 1.82) is 0 Å². The fraction of sp³-hybridized carbons (Fsp3) is 0.538. The lowest BCUT2D eigenvalue weighted by atomic mass is 9.98. The van der Waals surface area contributed by atoms with Crippen LogP contribution in [0.5, 0.6) is 0 Å². The average Bonchev–Trinajstić information content (AvgIpc) is 2.54. The maximum absolute atomic E-state index is 13.5. The molecule has 2 rings (SSSR count). The van der Waals surface area contributed by atoms with E-state index in [1.54, 1.807) is 6.92 Å². The summed E-state index contributed by atoms with van der Waals surface area (Å²) < 4.78 is 40.0. The third-order valence-electron chi connectivity index (χ3n) is 3.55. The van der Waals surface area contributed by atoms with Crippen LogP contribution >= 0.6 is 15.9 Å². The molecule has 1 aromatic carbocycles. The van der Waals surface area contributed by atoms with Gasteiger partial charge in [-0.1, -0.05) is 0 Å². The average molecular weight is 366 g/mol. The van der Waals surface area contributed by atoms with E-state index in [-0.39, 0.29) is 15.9 Å². The van der Waals surface area contributed by atoms with Crippen molar-refractivity contribution in [3.63, 3.8) is 0 Å². The normalized spacial score (nSPS) is 25.4. The molecule has 20 heavy (non-hydrogen) atoms. The van der Waals surface area contributed by atoms with E-state index in [4.69, 9.17) is 0 Å². The molecular weight excluding hydrogens is 349 g/mol. The second kappa shape index (κ2) is 5.71. The third kappa shape index (κ3) is 3.39. The maximum Gasteiger partial charge on any atom is 0.243 e. The Morgan fingerprint density at radius 1 is 1.35 bits per heavy atom. The molecule has 1 atom stereocenters. The zero-order valence-corrected chi connectivity index (χ0v) is 13.5. The van der Waals surface area contributed by atoms with E-state index >= 15 is 0 Å². The van der Waals surface area contributed by atoms with E-state index in [2.05, 4.69) is 15.9 Å². The molecule has 1 saturated heterocycles. The Morgan fingerprint density at radius 2 is 2.05 bits per heavy atom. The predicted octanol–water partition coefficient (Wildman–Crippen LogP) is 2.51. The van der Waals surface area contributed by atoms with E-state index in [0.717, 1.165) is 6.07 Å². The molecule has 1 heterocycles. The smallest absolute Gasteiger partial charge is 0.243 e. The van der Waals surface area contributed by atoms with Crippen molar-refractivity contribution < 1.29 is 17.9 Å². The molecular formula is C13H17BrFNO3S. The Morgan fingerprint density at radius 3 is 2.70 bits per heavy atom. The number of rotatable bonds is 2. The summed E-state index contributed by atoms with van der Waals surface area (Å²) in [6.45, 7) is 2.30. The molecule has 1 aromatic rings. The summed E-state index contributed by atoms with van der Waals surface area (Å²) in [5.74, 6) is -0.604. The van der Waals surface area contributed by atoms with Crippen molar-refractivity contribution in [2.75, 3.05) is 13.1 Å². The quantitative estimate of drug-likeness (QED) is 0.875. The zero-order chi connectivity index (χ0) is 15.0. The number of aliphatic hydroxyl groups is 1. The van der Waals surface area contributed by atoms with Gasteiger partial charge in [-0.2, -0.15) is 4.31 Å². The third-order valence-corrected chi connectivity index (χ3v) is 6.09. The second-order valence-electron chi connectivity index (χ2n) is 5.33. The fourth-order valence-electron chi connectivity index (χ4n) is 2.27. The molecule has 0 aromatic heterocycles. The summed E-state index contributed by atoms with van der Waals surface area (Å²) in [7, 11) is -3.71. The van der Waals surface area contributed by atoms with Crippen molar-refractivity contribution in [3.05, 3.63) is 28.5 Å². The van der Waals surface area contributed by atoms with Gasteiger partial charge in [-0.3, -0.25) is 0 Å². The van der Waals surface area contributed by atoms with Crippen LogP contribution in [-0.2, 0) is 10.0 Å².